The van der Waals surface area contributed by atoms with E-state index < -0.39 is 0 Å². The Morgan fingerprint density at radius 3 is 2.38 bits per heavy atom. The van der Waals surface area contributed by atoms with Crippen molar-refractivity contribution in [2.45, 2.75) is 13.0 Å². The second-order valence-electron chi connectivity index (χ2n) is 4.98. The molecule has 0 aromatic heterocycles. The number of carbonyl (C=O) groups excluding carboxylic acids is 2. The standard InChI is InChI=1S/C17H15NO3/c1-12(19)13-7-9-15(10-8-13)18-16(11-21-17(18)20)14-5-3-2-4-6-14/h2-10,16H,11H2,1H3/t16-/m0/s1. The van der Waals surface area contributed by atoms with Crippen molar-refractivity contribution in [2.75, 3.05) is 11.5 Å². The van der Waals surface area contributed by atoms with Gasteiger partial charge >= 0.3 is 6.09 Å². The minimum Gasteiger partial charge on any atom is -0.447 e. The van der Waals surface area contributed by atoms with Crippen molar-refractivity contribution in [3.8, 4) is 0 Å². The molecule has 0 N–H and O–H groups in total. The van der Waals surface area contributed by atoms with E-state index in [1.165, 1.54) is 6.92 Å². The van der Waals surface area contributed by atoms with E-state index in [9.17, 15) is 9.59 Å². The lowest BCUT2D eigenvalue weighted by atomic mass is 10.1. The molecule has 1 aliphatic rings. The van der Waals surface area contributed by atoms with Gasteiger partial charge in [0, 0.05) is 11.3 Å². The number of hydrogen-bond donors (Lipinski definition) is 0. The predicted octanol–water partition coefficient (Wildman–Crippen LogP) is 3.59. The fourth-order valence-electron chi connectivity index (χ4n) is 2.48. The first-order valence-corrected chi connectivity index (χ1v) is 6.79. The van der Waals surface area contributed by atoms with Crippen LogP contribution in [0.5, 0.6) is 0 Å². The van der Waals surface area contributed by atoms with Crippen molar-refractivity contribution in [3.05, 3.63) is 65.7 Å². The average molecular weight is 281 g/mol. The van der Waals surface area contributed by atoms with Gasteiger partial charge in [0.2, 0.25) is 0 Å². The quantitative estimate of drug-likeness (QED) is 0.808. The number of hydrogen-bond acceptors (Lipinski definition) is 3. The Balaban J connectivity index is 1.94. The molecular formula is C17H15NO3. The molecule has 106 valence electrons. The normalized spacial score (nSPS) is 17.7. The molecule has 3 rings (SSSR count). The molecular weight excluding hydrogens is 266 g/mol. The molecule has 0 bridgehead atoms. The molecule has 0 aliphatic carbocycles. The lowest BCUT2D eigenvalue weighted by Crippen LogP contribution is -2.27. The minimum atomic E-state index is -0.362. The van der Waals surface area contributed by atoms with Crippen molar-refractivity contribution < 1.29 is 14.3 Å². The van der Waals surface area contributed by atoms with E-state index in [4.69, 9.17) is 4.74 Å². The number of amides is 1. The van der Waals surface area contributed by atoms with Crippen LogP contribution in [-0.4, -0.2) is 18.5 Å². The highest BCUT2D eigenvalue weighted by molar-refractivity contribution is 5.95. The van der Waals surface area contributed by atoms with Crippen LogP contribution in [0.3, 0.4) is 0 Å². The van der Waals surface area contributed by atoms with E-state index in [1.807, 2.05) is 30.3 Å². The first-order valence-electron chi connectivity index (χ1n) is 6.79. The van der Waals surface area contributed by atoms with Crippen LogP contribution in [0.2, 0.25) is 0 Å². The minimum absolute atomic E-state index is 0.00478. The van der Waals surface area contributed by atoms with Crippen LogP contribution in [0.15, 0.2) is 54.6 Å². The number of rotatable bonds is 3. The molecule has 1 heterocycles. The number of benzene rings is 2. The summed E-state index contributed by atoms with van der Waals surface area (Å²) in [7, 11) is 0. The molecule has 0 saturated carbocycles. The van der Waals surface area contributed by atoms with Crippen molar-refractivity contribution >= 4 is 17.6 Å². The van der Waals surface area contributed by atoms with Gasteiger partial charge < -0.3 is 4.74 Å². The number of nitrogens with zero attached hydrogens (tertiary/aromatic N) is 1. The summed E-state index contributed by atoms with van der Waals surface area (Å²) < 4.78 is 5.18. The predicted molar refractivity (Wildman–Crippen MR) is 79.5 cm³/mol. The third-order valence-corrected chi connectivity index (χ3v) is 3.61. The SMILES string of the molecule is CC(=O)c1ccc(N2C(=O)OC[C@H]2c2ccccc2)cc1. The topological polar surface area (TPSA) is 46.6 Å². The molecule has 1 aliphatic heterocycles. The second-order valence-corrected chi connectivity index (χ2v) is 4.98. The number of carbonyl (C=O) groups is 2. The van der Waals surface area contributed by atoms with Gasteiger partial charge in [-0.25, -0.2) is 4.79 Å². The highest BCUT2D eigenvalue weighted by atomic mass is 16.6. The van der Waals surface area contributed by atoms with Crippen molar-refractivity contribution in [3.63, 3.8) is 0 Å². The summed E-state index contributed by atoms with van der Waals surface area (Å²) in [5.74, 6) is 0.00478. The zero-order valence-corrected chi connectivity index (χ0v) is 11.7. The van der Waals surface area contributed by atoms with Gasteiger partial charge in [-0.05, 0) is 36.8 Å². The number of ether oxygens (including phenoxy) is 1. The number of cyclic esters (lactones) is 1. The van der Waals surface area contributed by atoms with Gasteiger partial charge in [0.15, 0.2) is 5.78 Å². The highest BCUT2D eigenvalue weighted by Gasteiger charge is 2.35. The largest absolute Gasteiger partial charge is 0.447 e. The summed E-state index contributed by atoms with van der Waals surface area (Å²) in [5, 5.41) is 0. The Bertz CT molecular complexity index is 664. The lowest BCUT2D eigenvalue weighted by molar-refractivity contribution is 0.101. The Hall–Kier alpha value is -2.62. The van der Waals surface area contributed by atoms with E-state index in [-0.39, 0.29) is 17.9 Å². The fourth-order valence-corrected chi connectivity index (χ4v) is 2.48. The molecule has 0 unspecified atom stereocenters. The first-order chi connectivity index (χ1) is 10.2. The van der Waals surface area contributed by atoms with Gasteiger partial charge in [0.25, 0.3) is 0 Å². The van der Waals surface area contributed by atoms with Crippen LogP contribution >= 0.6 is 0 Å². The highest BCUT2D eigenvalue weighted by Crippen LogP contribution is 2.32. The third kappa shape index (κ3) is 2.52. The number of ketones is 1. The van der Waals surface area contributed by atoms with Gasteiger partial charge in [-0.2, -0.15) is 0 Å². The number of anilines is 1. The van der Waals surface area contributed by atoms with E-state index >= 15 is 0 Å². The van der Waals surface area contributed by atoms with Crippen molar-refractivity contribution in [1.82, 2.24) is 0 Å². The van der Waals surface area contributed by atoms with Gasteiger partial charge in [-0.3, -0.25) is 9.69 Å². The Morgan fingerprint density at radius 1 is 1.10 bits per heavy atom. The second kappa shape index (κ2) is 5.40. The molecule has 0 radical (unpaired) electrons. The smallest absolute Gasteiger partial charge is 0.415 e. The molecule has 2 aromatic rings. The zero-order valence-electron chi connectivity index (χ0n) is 11.7. The van der Waals surface area contributed by atoms with Crippen LogP contribution in [0.1, 0.15) is 28.9 Å². The monoisotopic (exact) mass is 281 g/mol. The van der Waals surface area contributed by atoms with Crippen LogP contribution in [-0.2, 0) is 4.74 Å². The summed E-state index contributed by atoms with van der Waals surface area (Å²) in [6.45, 7) is 1.85. The fraction of sp³-hybridized carbons (Fsp3) is 0.176. The van der Waals surface area contributed by atoms with Gasteiger partial charge in [-0.15, -0.1) is 0 Å². The molecule has 1 fully saturated rings. The van der Waals surface area contributed by atoms with Crippen LogP contribution < -0.4 is 4.90 Å². The van der Waals surface area contributed by atoms with Crippen LogP contribution in [0, 0.1) is 0 Å². The number of Topliss-reactive ketones (excluding diaryl/α,β-unsaturated/α-hetero) is 1. The van der Waals surface area contributed by atoms with E-state index in [0.717, 1.165) is 11.3 Å². The Labute approximate surface area is 123 Å². The Morgan fingerprint density at radius 2 is 1.76 bits per heavy atom. The average Bonchev–Trinajstić information content (AvgIpc) is 2.90. The lowest BCUT2D eigenvalue weighted by Gasteiger charge is -2.21. The van der Waals surface area contributed by atoms with E-state index in [0.29, 0.717) is 12.2 Å². The molecule has 1 saturated heterocycles. The van der Waals surface area contributed by atoms with Gasteiger partial charge in [0.05, 0.1) is 6.04 Å². The third-order valence-electron chi connectivity index (χ3n) is 3.61. The molecule has 2 aromatic carbocycles. The van der Waals surface area contributed by atoms with Crippen molar-refractivity contribution in [2.24, 2.45) is 0 Å². The summed E-state index contributed by atoms with van der Waals surface area (Å²) >= 11 is 0. The van der Waals surface area contributed by atoms with E-state index in [1.54, 1.807) is 29.2 Å². The van der Waals surface area contributed by atoms with Gasteiger partial charge in [-0.1, -0.05) is 30.3 Å². The summed E-state index contributed by atoms with van der Waals surface area (Å²) in [6, 6.07) is 16.6. The summed E-state index contributed by atoms with van der Waals surface area (Å²) in [5.41, 5.74) is 2.39. The molecule has 0 spiro atoms. The maximum Gasteiger partial charge on any atom is 0.415 e. The first kappa shape index (κ1) is 13.4. The van der Waals surface area contributed by atoms with Gasteiger partial charge in [0.1, 0.15) is 6.61 Å². The molecule has 1 amide bonds. The summed E-state index contributed by atoms with van der Waals surface area (Å²) in [6.07, 6.45) is -0.362. The van der Waals surface area contributed by atoms with Crippen LogP contribution in [0.25, 0.3) is 0 Å². The molecule has 21 heavy (non-hydrogen) atoms. The van der Waals surface area contributed by atoms with Crippen molar-refractivity contribution in [1.29, 1.82) is 0 Å². The van der Waals surface area contributed by atoms with E-state index in [2.05, 4.69) is 0 Å². The molecule has 4 heteroatoms. The maximum atomic E-state index is 12.0. The van der Waals surface area contributed by atoms with Crippen LogP contribution in [0.4, 0.5) is 10.5 Å². The Kier molecular flexibility index (Phi) is 3.44. The summed E-state index contributed by atoms with van der Waals surface area (Å²) in [4.78, 5) is 25.0. The zero-order chi connectivity index (χ0) is 14.8. The molecule has 4 nitrogen and oxygen atoms in total. The maximum absolute atomic E-state index is 12.0. The molecule has 1 atom stereocenters.